The van der Waals surface area contributed by atoms with Crippen molar-refractivity contribution in [1.82, 2.24) is 9.55 Å². The van der Waals surface area contributed by atoms with Gasteiger partial charge >= 0.3 is 5.97 Å². The summed E-state index contributed by atoms with van der Waals surface area (Å²) >= 11 is 0. The van der Waals surface area contributed by atoms with Gasteiger partial charge in [0.15, 0.2) is 0 Å². The van der Waals surface area contributed by atoms with Crippen molar-refractivity contribution in [2.45, 2.75) is 32.4 Å². The maximum absolute atomic E-state index is 11.4. The van der Waals surface area contributed by atoms with Crippen molar-refractivity contribution < 1.29 is 14.3 Å². The van der Waals surface area contributed by atoms with E-state index in [1.807, 2.05) is 0 Å². The molecule has 0 radical (unpaired) electrons. The molecule has 0 fully saturated rings. The van der Waals surface area contributed by atoms with Gasteiger partial charge in [-0.05, 0) is 6.04 Å². The minimum Gasteiger partial charge on any atom is -0.464 e. The van der Waals surface area contributed by atoms with Crippen molar-refractivity contribution in [3.05, 3.63) is 18.2 Å². The van der Waals surface area contributed by atoms with Gasteiger partial charge < -0.3 is 14.0 Å². The minimum absolute atomic E-state index is 0.342. The van der Waals surface area contributed by atoms with Crippen LogP contribution < -0.4 is 0 Å². The maximum Gasteiger partial charge on any atom is 0.356 e. The highest BCUT2D eigenvalue weighted by molar-refractivity contribution is 6.76. The lowest BCUT2D eigenvalue weighted by Crippen LogP contribution is -2.22. The molecule has 0 saturated carbocycles. The number of nitrogens with zero attached hydrogens (tertiary/aromatic N) is 2. The van der Waals surface area contributed by atoms with E-state index in [0.29, 0.717) is 19.0 Å². The number of methoxy groups -OCH3 is 1. The lowest BCUT2D eigenvalue weighted by molar-refractivity contribution is 0.0540. The molecule has 0 aliphatic rings. The molecule has 0 saturated heterocycles. The van der Waals surface area contributed by atoms with Crippen molar-refractivity contribution in [3.8, 4) is 0 Å². The van der Waals surface area contributed by atoms with Crippen molar-refractivity contribution in [3.63, 3.8) is 0 Å². The summed E-state index contributed by atoms with van der Waals surface area (Å²) in [5.74, 6) is -0.392. The molecule has 96 valence electrons. The van der Waals surface area contributed by atoms with Gasteiger partial charge in [0.25, 0.3) is 0 Å². The maximum atomic E-state index is 11.4. The third-order valence-electron chi connectivity index (χ3n) is 2.33. The first-order valence-electron chi connectivity index (χ1n) is 5.60. The Kier molecular flexibility index (Phi) is 4.89. The molecule has 0 amide bonds. The van der Waals surface area contributed by atoms with Crippen LogP contribution in [-0.2, 0) is 16.2 Å². The van der Waals surface area contributed by atoms with Crippen molar-refractivity contribution in [2.24, 2.45) is 0 Å². The smallest absolute Gasteiger partial charge is 0.356 e. The SMILES string of the molecule is COC(=O)c1cncn1COCC[Si](C)(C)C. The summed E-state index contributed by atoms with van der Waals surface area (Å²) in [5, 5.41) is 0. The first kappa shape index (κ1) is 13.9. The number of hydrogen-bond donors (Lipinski definition) is 0. The molecule has 1 aromatic heterocycles. The fourth-order valence-electron chi connectivity index (χ4n) is 1.24. The Balaban J connectivity index is 2.42. The number of hydrogen-bond acceptors (Lipinski definition) is 4. The van der Waals surface area contributed by atoms with Crippen LogP contribution in [0.4, 0.5) is 0 Å². The van der Waals surface area contributed by atoms with Gasteiger partial charge in [-0.1, -0.05) is 19.6 Å². The molecule has 1 aromatic rings. The van der Waals surface area contributed by atoms with E-state index in [9.17, 15) is 4.79 Å². The average Bonchev–Trinajstić information content (AvgIpc) is 2.70. The van der Waals surface area contributed by atoms with E-state index in [0.717, 1.165) is 6.04 Å². The van der Waals surface area contributed by atoms with E-state index in [1.165, 1.54) is 13.3 Å². The summed E-state index contributed by atoms with van der Waals surface area (Å²) < 4.78 is 11.8. The molecule has 1 rings (SSSR count). The predicted molar refractivity (Wildman–Crippen MR) is 67.7 cm³/mol. The summed E-state index contributed by atoms with van der Waals surface area (Å²) in [6.07, 6.45) is 3.05. The van der Waals surface area contributed by atoms with Crippen LogP contribution in [0.15, 0.2) is 12.5 Å². The summed E-state index contributed by atoms with van der Waals surface area (Å²) in [7, 11) is 0.290. The first-order chi connectivity index (χ1) is 7.94. The lowest BCUT2D eigenvalue weighted by Gasteiger charge is -2.15. The van der Waals surface area contributed by atoms with Crippen LogP contribution >= 0.6 is 0 Å². The van der Waals surface area contributed by atoms with Crippen LogP contribution in [0.2, 0.25) is 25.7 Å². The highest BCUT2D eigenvalue weighted by Crippen LogP contribution is 2.08. The van der Waals surface area contributed by atoms with Gasteiger partial charge in [0.1, 0.15) is 12.4 Å². The second-order valence-corrected chi connectivity index (χ2v) is 10.7. The first-order valence-corrected chi connectivity index (χ1v) is 9.31. The fraction of sp³-hybridized carbons (Fsp3) is 0.636. The Morgan fingerprint density at radius 1 is 1.47 bits per heavy atom. The Labute approximate surface area is 103 Å². The molecule has 0 aliphatic carbocycles. The van der Waals surface area contributed by atoms with Gasteiger partial charge in [0.05, 0.1) is 19.6 Å². The van der Waals surface area contributed by atoms with Gasteiger partial charge in [0, 0.05) is 14.7 Å². The molecule has 0 N–H and O–H groups in total. The second-order valence-electron chi connectivity index (χ2n) is 5.09. The van der Waals surface area contributed by atoms with Crippen molar-refractivity contribution >= 4 is 14.0 Å². The normalized spacial score (nSPS) is 11.5. The third-order valence-corrected chi connectivity index (χ3v) is 4.04. The molecule has 5 nitrogen and oxygen atoms in total. The third kappa shape index (κ3) is 4.70. The van der Waals surface area contributed by atoms with Crippen LogP contribution in [0.1, 0.15) is 10.5 Å². The van der Waals surface area contributed by atoms with Gasteiger partial charge in [-0.15, -0.1) is 0 Å². The van der Waals surface area contributed by atoms with Gasteiger partial charge in [-0.25, -0.2) is 9.78 Å². The lowest BCUT2D eigenvalue weighted by atomic mass is 10.5. The largest absolute Gasteiger partial charge is 0.464 e. The van der Waals surface area contributed by atoms with Crippen molar-refractivity contribution in [1.29, 1.82) is 0 Å². The molecule has 0 unspecified atom stereocenters. The number of carbonyl (C=O) groups is 1. The standard InChI is InChI=1S/C11H20N2O3Si/c1-15-11(14)10-7-12-8-13(10)9-16-5-6-17(2,3)4/h7-8H,5-6,9H2,1-4H3. The Bertz CT molecular complexity index is 371. The summed E-state index contributed by atoms with van der Waals surface area (Å²) in [4.78, 5) is 15.3. The molecule has 0 spiro atoms. The molecule has 17 heavy (non-hydrogen) atoms. The number of ether oxygens (including phenoxy) is 2. The summed E-state index contributed by atoms with van der Waals surface area (Å²) in [5.41, 5.74) is 0.417. The zero-order chi connectivity index (χ0) is 12.9. The molecule has 0 aromatic carbocycles. The molecule has 0 aliphatic heterocycles. The van der Waals surface area contributed by atoms with Gasteiger partial charge in [-0.2, -0.15) is 0 Å². The molecule has 1 heterocycles. The molecule has 6 heteroatoms. The van der Waals surface area contributed by atoms with Crippen LogP contribution in [0.25, 0.3) is 0 Å². The number of aromatic nitrogens is 2. The van der Waals surface area contributed by atoms with E-state index in [2.05, 4.69) is 29.4 Å². The van der Waals surface area contributed by atoms with E-state index in [4.69, 9.17) is 4.74 Å². The monoisotopic (exact) mass is 256 g/mol. The fourth-order valence-corrected chi connectivity index (χ4v) is 2.00. The number of esters is 1. The van der Waals surface area contributed by atoms with E-state index < -0.39 is 14.0 Å². The average molecular weight is 256 g/mol. The van der Waals surface area contributed by atoms with Crippen LogP contribution in [0, 0.1) is 0 Å². The van der Waals surface area contributed by atoms with E-state index >= 15 is 0 Å². The van der Waals surface area contributed by atoms with Crippen LogP contribution in [-0.4, -0.2) is 37.3 Å². The van der Waals surface area contributed by atoms with E-state index in [-0.39, 0.29) is 0 Å². The number of carbonyl (C=O) groups excluding carboxylic acids is 1. The molecular formula is C11H20N2O3Si. The van der Waals surface area contributed by atoms with E-state index in [1.54, 1.807) is 10.9 Å². The zero-order valence-electron chi connectivity index (χ0n) is 10.9. The molecular weight excluding hydrogens is 236 g/mol. The quantitative estimate of drug-likeness (QED) is 0.444. The molecule has 0 bridgehead atoms. The van der Waals surface area contributed by atoms with Crippen molar-refractivity contribution in [2.75, 3.05) is 13.7 Å². The van der Waals surface area contributed by atoms with Gasteiger partial charge in [0.2, 0.25) is 0 Å². The molecule has 0 atom stereocenters. The number of imidazole rings is 1. The Morgan fingerprint density at radius 3 is 2.76 bits per heavy atom. The summed E-state index contributed by atoms with van der Waals surface area (Å²) in [6, 6.07) is 1.11. The second kappa shape index (κ2) is 5.97. The topological polar surface area (TPSA) is 53.3 Å². The Hall–Kier alpha value is -1.14. The minimum atomic E-state index is -1.06. The highest BCUT2D eigenvalue weighted by atomic mass is 28.3. The summed E-state index contributed by atoms with van der Waals surface area (Å²) in [6.45, 7) is 7.96. The van der Waals surface area contributed by atoms with Gasteiger partial charge in [-0.3, -0.25) is 0 Å². The predicted octanol–water partition coefficient (Wildman–Crippen LogP) is 1.98. The number of rotatable bonds is 6. The van der Waals surface area contributed by atoms with Crippen LogP contribution in [0.5, 0.6) is 0 Å². The highest BCUT2D eigenvalue weighted by Gasteiger charge is 2.14. The van der Waals surface area contributed by atoms with Crippen LogP contribution in [0.3, 0.4) is 0 Å². The zero-order valence-corrected chi connectivity index (χ0v) is 11.9. The Morgan fingerprint density at radius 2 is 2.18 bits per heavy atom.